The summed E-state index contributed by atoms with van der Waals surface area (Å²) in [5.74, 6) is -0.230. The van der Waals surface area contributed by atoms with Crippen LogP contribution in [0.3, 0.4) is 0 Å². The summed E-state index contributed by atoms with van der Waals surface area (Å²) in [6, 6.07) is 17.7. The molecule has 7 nitrogen and oxygen atoms in total. The van der Waals surface area contributed by atoms with Crippen LogP contribution < -0.4 is 8.92 Å². The van der Waals surface area contributed by atoms with Gasteiger partial charge in [0.25, 0.3) is 0 Å². The van der Waals surface area contributed by atoms with Crippen molar-refractivity contribution in [3.05, 3.63) is 94.1 Å². The van der Waals surface area contributed by atoms with Crippen molar-refractivity contribution in [2.45, 2.75) is 18.7 Å². The fourth-order valence-corrected chi connectivity index (χ4v) is 4.26. The van der Waals surface area contributed by atoms with Gasteiger partial charge in [0, 0.05) is 10.6 Å². The smallest absolute Gasteiger partial charge is 0.363 e. The lowest BCUT2D eigenvalue weighted by molar-refractivity contribution is -0.129. The molecule has 34 heavy (non-hydrogen) atoms. The van der Waals surface area contributed by atoms with Gasteiger partial charge in [-0.2, -0.15) is 8.42 Å². The van der Waals surface area contributed by atoms with Crippen molar-refractivity contribution < 1.29 is 26.9 Å². The minimum absolute atomic E-state index is 0.0235. The predicted octanol–water partition coefficient (Wildman–Crippen LogP) is 5.16. The minimum Gasteiger partial charge on any atom is -0.490 e. The summed E-state index contributed by atoms with van der Waals surface area (Å²) < 4.78 is 41.4. The molecule has 0 N–H and O–H groups in total. The molecule has 0 saturated carbocycles. The molecule has 0 radical (unpaired) electrons. The van der Waals surface area contributed by atoms with Crippen LogP contribution in [0.4, 0.5) is 0 Å². The normalized spacial score (nSPS) is 14.6. The molecule has 3 aromatic carbocycles. The highest BCUT2D eigenvalue weighted by Crippen LogP contribution is 2.32. The molecule has 9 heteroatoms. The maximum Gasteiger partial charge on any atom is 0.363 e. The largest absolute Gasteiger partial charge is 0.490 e. The Bertz CT molecular complexity index is 1410. The third-order valence-corrected chi connectivity index (χ3v) is 6.50. The van der Waals surface area contributed by atoms with Gasteiger partial charge in [0.1, 0.15) is 4.90 Å². The van der Waals surface area contributed by atoms with E-state index in [1.54, 1.807) is 49.4 Å². The maximum atomic E-state index is 12.6. The second-order valence-electron chi connectivity index (χ2n) is 7.29. The number of cyclic esters (lactones) is 1. The highest BCUT2D eigenvalue weighted by Gasteiger charge is 2.25. The first-order valence-electron chi connectivity index (χ1n) is 10.3. The van der Waals surface area contributed by atoms with E-state index in [4.69, 9.17) is 25.3 Å². The first-order chi connectivity index (χ1) is 16.3. The number of hydrogen-bond acceptors (Lipinski definition) is 7. The molecule has 1 heterocycles. The maximum absolute atomic E-state index is 12.6. The molecule has 0 saturated heterocycles. The lowest BCUT2D eigenvalue weighted by Gasteiger charge is -2.12. The molecular formula is C25H20ClNO6S. The van der Waals surface area contributed by atoms with Crippen molar-refractivity contribution >= 4 is 39.7 Å². The number of ether oxygens (including phenoxy) is 2. The van der Waals surface area contributed by atoms with Crippen LogP contribution in [0.15, 0.2) is 82.3 Å². The van der Waals surface area contributed by atoms with Crippen molar-refractivity contribution in [1.29, 1.82) is 0 Å². The summed E-state index contributed by atoms with van der Waals surface area (Å²) in [6.07, 6.45) is 1.52. The van der Waals surface area contributed by atoms with Gasteiger partial charge in [-0.1, -0.05) is 41.9 Å². The quantitative estimate of drug-likeness (QED) is 0.254. The van der Waals surface area contributed by atoms with Crippen LogP contribution >= 0.6 is 11.6 Å². The number of esters is 1. The topological polar surface area (TPSA) is 91.3 Å². The molecule has 0 spiro atoms. The van der Waals surface area contributed by atoms with Crippen LogP contribution in [0.2, 0.25) is 5.02 Å². The first-order valence-corrected chi connectivity index (χ1v) is 12.1. The van der Waals surface area contributed by atoms with E-state index in [2.05, 4.69) is 4.99 Å². The van der Waals surface area contributed by atoms with Gasteiger partial charge in [-0.25, -0.2) is 9.79 Å². The minimum atomic E-state index is -4.04. The molecule has 0 amide bonds. The van der Waals surface area contributed by atoms with E-state index in [-0.39, 0.29) is 34.6 Å². The monoisotopic (exact) mass is 497 g/mol. The van der Waals surface area contributed by atoms with Gasteiger partial charge in [0.15, 0.2) is 17.2 Å². The molecule has 0 aromatic heterocycles. The average Bonchev–Trinajstić information content (AvgIpc) is 3.18. The molecule has 0 atom stereocenters. The Labute approximate surface area is 202 Å². The summed E-state index contributed by atoms with van der Waals surface area (Å²) in [4.78, 5) is 16.7. The zero-order valence-electron chi connectivity index (χ0n) is 18.3. The second-order valence-corrected chi connectivity index (χ2v) is 9.24. The number of halogens is 1. The van der Waals surface area contributed by atoms with Crippen LogP contribution in [0.5, 0.6) is 11.5 Å². The summed E-state index contributed by atoms with van der Waals surface area (Å²) in [6.45, 7) is 3.91. The first kappa shape index (κ1) is 23.5. The molecule has 3 aromatic rings. The number of hydrogen-bond donors (Lipinski definition) is 0. The van der Waals surface area contributed by atoms with Crippen LogP contribution in [0.25, 0.3) is 6.08 Å². The number of benzene rings is 3. The highest BCUT2D eigenvalue weighted by atomic mass is 35.5. The Morgan fingerprint density at radius 1 is 1.03 bits per heavy atom. The Kier molecular flexibility index (Phi) is 6.72. The number of aliphatic imine (C=N–C) groups is 1. The van der Waals surface area contributed by atoms with Crippen LogP contribution in [0, 0.1) is 6.92 Å². The molecule has 1 aliphatic rings. The molecule has 1 aliphatic heterocycles. The van der Waals surface area contributed by atoms with Crippen molar-refractivity contribution in [2.24, 2.45) is 4.99 Å². The zero-order chi connectivity index (χ0) is 24.3. The van der Waals surface area contributed by atoms with E-state index in [0.717, 1.165) is 5.56 Å². The van der Waals surface area contributed by atoms with Gasteiger partial charge in [0.05, 0.1) is 6.61 Å². The predicted molar refractivity (Wildman–Crippen MR) is 129 cm³/mol. The Morgan fingerprint density at radius 3 is 2.50 bits per heavy atom. The Hall–Kier alpha value is -3.62. The van der Waals surface area contributed by atoms with Gasteiger partial charge in [-0.05, 0) is 67.4 Å². The van der Waals surface area contributed by atoms with Crippen LogP contribution in [-0.2, 0) is 19.6 Å². The molecule has 4 rings (SSSR count). The Morgan fingerprint density at radius 2 is 1.79 bits per heavy atom. The third-order valence-electron chi connectivity index (χ3n) is 4.84. The highest BCUT2D eigenvalue weighted by molar-refractivity contribution is 7.87. The van der Waals surface area contributed by atoms with E-state index in [1.165, 1.54) is 24.3 Å². The van der Waals surface area contributed by atoms with Crippen LogP contribution in [0.1, 0.15) is 23.6 Å². The van der Waals surface area contributed by atoms with Crippen molar-refractivity contribution in [3.63, 3.8) is 0 Å². The molecule has 0 bridgehead atoms. The number of aryl methyl sites for hydroxylation is 1. The number of rotatable bonds is 7. The van der Waals surface area contributed by atoms with Gasteiger partial charge >= 0.3 is 16.1 Å². The van der Waals surface area contributed by atoms with E-state index in [9.17, 15) is 13.2 Å². The lowest BCUT2D eigenvalue weighted by Crippen LogP contribution is -2.10. The van der Waals surface area contributed by atoms with Gasteiger partial charge < -0.3 is 13.7 Å². The summed E-state index contributed by atoms with van der Waals surface area (Å²) in [5.41, 5.74) is 2.11. The van der Waals surface area contributed by atoms with Crippen molar-refractivity contribution in [2.75, 3.05) is 6.61 Å². The second kappa shape index (κ2) is 9.70. The van der Waals surface area contributed by atoms with E-state index in [0.29, 0.717) is 16.1 Å². The molecule has 0 fully saturated rings. The fraction of sp³-hybridized carbons (Fsp3) is 0.120. The van der Waals surface area contributed by atoms with Gasteiger partial charge in [-0.3, -0.25) is 0 Å². The number of carbonyl (C=O) groups is 1. The van der Waals surface area contributed by atoms with Gasteiger partial charge in [0.2, 0.25) is 5.90 Å². The van der Waals surface area contributed by atoms with Crippen molar-refractivity contribution in [1.82, 2.24) is 0 Å². The third kappa shape index (κ3) is 5.13. The van der Waals surface area contributed by atoms with Gasteiger partial charge in [-0.15, -0.1) is 0 Å². The molecule has 174 valence electrons. The molecular weight excluding hydrogens is 478 g/mol. The zero-order valence-corrected chi connectivity index (χ0v) is 19.9. The summed E-state index contributed by atoms with van der Waals surface area (Å²) >= 11 is 6.16. The van der Waals surface area contributed by atoms with Crippen molar-refractivity contribution in [3.8, 4) is 11.5 Å². The summed E-state index contributed by atoms with van der Waals surface area (Å²) in [7, 11) is -4.04. The lowest BCUT2D eigenvalue weighted by atomic mass is 10.1. The Balaban J connectivity index is 1.63. The van der Waals surface area contributed by atoms with E-state index < -0.39 is 16.1 Å². The molecule has 0 unspecified atom stereocenters. The number of nitrogens with zero attached hydrogens (tertiary/aromatic N) is 1. The average molecular weight is 498 g/mol. The van der Waals surface area contributed by atoms with E-state index in [1.807, 2.05) is 13.0 Å². The summed E-state index contributed by atoms with van der Waals surface area (Å²) in [5, 5.41) is 0.538. The fourth-order valence-electron chi connectivity index (χ4n) is 3.12. The number of carbonyl (C=O) groups excluding carboxylic acids is 1. The van der Waals surface area contributed by atoms with Crippen LogP contribution in [-0.4, -0.2) is 26.9 Å². The van der Waals surface area contributed by atoms with E-state index >= 15 is 0 Å². The standard InChI is InChI=1S/C25H20ClNO6S/c1-3-31-23-14-17(10-12-22(23)33-34(29,30)19-7-5-4-6-8-19)13-21-25(28)32-24(27-21)18-11-9-16(2)20(26)15-18/h4-15H,3H2,1-2H3/b21-13-. The SMILES string of the molecule is CCOc1cc(/C=C2\N=C(c3ccc(C)c(Cl)c3)OC2=O)ccc1OS(=O)(=O)c1ccccc1. The molecule has 0 aliphatic carbocycles.